The second-order valence-corrected chi connectivity index (χ2v) is 6.07. The zero-order chi connectivity index (χ0) is 14.8. The molecule has 0 spiro atoms. The second-order valence-electron chi connectivity index (χ2n) is 5.26. The molecule has 0 amide bonds. The highest BCUT2D eigenvalue weighted by molar-refractivity contribution is 6.42. The minimum absolute atomic E-state index is 0.188. The van der Waals surface area contributed by atoms with Gasteiger partial charge in [-0.1, -0.05) is 34.4 Å². The molecular formula is C15H16Cl2N2O2. The van der Waals surface area contributed by atoms with E-state index in [9.17, 15) is 5.11 Å². The van der Waals surface area contributed by atoms with Gasteiger partial charge in [0.1, 0.15) is 5.69 Å². The second kappa shape index (κ2) is 6.36. The number of halogens is 2. The van der Waals surface area contributed by atoms with Crippen LogP contribution in [0.4, 0.5) is 0 Å². The summed E-state index contributed by atoms with van der Waals surface area (Å²) < 4.78 is 5.39. The summed E-state index contributed by atoms with van der Waals surface area (Å²) in [5.41, 5.74) is 1.61. The highest BCUT2D eigenvalue weighted by atomic mass is 35.5. The SMILES string of the molecule is OC[C@H]1CCCN1Cc1cc(-c2ccc(Cl)c(Cl)c2)no1. The zero-order valence-corrected chi connectivity index (χ0v) is 12.9. The van der Waals surface area contributed by atoms with E-state index >= 15 is 0 Å². The topological polar surface area (TPSA) is 49.5 Å². The molecule has 2 aromatic rings. The van der Waals surface area contributed by atoms with Gasteiger partial charge in [-0.05, 0) is 31.5 Å². The first-order chi connectivity index (χ1) is 10.2. The van der Waals surface area contributed by atoms with E-state index in [2.05, 4.69) is 10.1 Å². The molecule has 4 nitrogen and oxygen atoms in total. The van der Waals surface area contributed by atoms with Crippen molar-refractivity contribution in [2.45, 2.75) is 25.4 Å². The number of nitrogens with zero attached hydrogens (tertiary/aromatic N) is 2. The van der Waals surface area contributed by atoms with Crippen LogP contribution in [-0.2, 0) is 6.54 Å². The molecule has 0 radical (unpaired) electrons. The molecule has 0 bridgehead atoms. The summed E-state index contributed by atoms with van der Waals surface area (Å²) in [6, 6.07) is 7.52. The van der Waals surface area contributed by atoms with Crippen LogP contribution in [0.1, 0.15) is 18.6 Å². The van der Waals surface area contributed by atoms with Crippen molar-refractivity contribution in [1.29, 1.82) is 0 Å². The summed E-state index contributed by atoms with van der Waals surface area (Å²) in [6.45, 7) is 1.83. The summed E-state index contributed by atoms with van der Waals surface area (Å²) in [6.07, 6.45) is 2.14. The van der Waals surface area contributed by atoms with Crippen LogP contribution in [0.2, 0.25) is 10.0 Å². The van der Waals surface area contributed by atoms with Crippen LogP contribution < -0.4 is 0 Å². The first-order valence-corrected chi connectivity index (χ1v) is 7.69. The zero-order valence-electron chi connectivity index (χ0n) is 11.4. The first kappa shape index (κ1) is 14.9. The Morgan fingerprint density at radius 3 is 2.90 bits per heavy atom. The summed E-state index contributed by atoms with van der Waals surface area (Å²) in [5.74, 6) is 0.788. The van der Waals surface area contributed by atoms with Gasteiger partial charge in [-0.3, -0.25) is 4.90 Å². The van der Waals surface area contributed by atoms with Crippen molar-refractivity contribution in [3.8, 4) is 11.3 Å². The lowest BCUT2D eigenvalue weighted by molar-refractivity contribution is 0.143. The highest BCUT2D eigenvalue weighted by Crippen LogP contribution is 2.29. The maximum absolute atomic E-state index is 9.34. The Hall–Kier alpha value is -1.07. The Balaban J connectivity index is 1.75. The van der Waals surface area contributed by atoms with Crippen molar-refractivity contribution in [3.63, 3.8) is 0 Å². The predicted octanol–water partition coefficient (Wildman–Crippen LogP) is 3.61. The molecule has 1 N–H and O–H groups in total. The average Bonchev–Trinajstić information content (AvgIpc) is 3.11. The van der Waals surface area contributed by atoms with Gasteiger partial charge in [-0.15, -0.1) is 0 Å². The number of hydrogen-bond acceptors (Lipinski definition) is 4. The minimum Gasteiger partial charge on any atom is -0.395 e. The largest absolute Gasteiger partial charge is 0.395 e. The lowest BCUT2D eigenvalue weighted by Crippen LogP contribution is -2.31. The smallest absolute Gasteiger partial charge is 0.151 e. The number of likely N-dealkylation sites (tertiary alicyclic amines) is 1. The molecule has 1 fully saturated rings. The fraction of sp³-hybridized carbons (Fsp3) is 0.400. The molecule has 6 heteroatoms. The Bertz CT molecular complexity index is 630. The summed E-state index contributed by atoms with van der Waals surface area (Å²) in [7, 11) is 0. The Kier molecular flexibility index (Phi) is 4.50. The standard InChI is InChI=1S/C15H16Cl2N2O2/c16-13-4-3-10(6-14(13)17)15-7-12(21-18-15)8-19-5-1-2-11(19)9-20/h3-4,6-7,11,20H,1-2,5,8-9H2/t11-/m1/s1. The van der Waals surface area contributed by atoms with E-state index in [1.807, 2.05) is 12.1 Å². The molecule has 0 aliphatic carbocycles. The minimum atomic E-state index is 0.188. The van der Waals surface area contributed by atoms with Gasteiger partial charge < -0.3 is 9.63 Å². The van der Waals surface area contributed by atoms with Crippen LogP contribution in [0.15, 0.2) is 28.8 Å². The van der Waals surface area contributed by atoms with Crippen LogP contribution in [0.25, 0.3) is 11.3 Å². The molecule has 1 atom stereocenters. The van der Waals surface area contributed by atoms with Gasteiger partial charge in [0.2, 0.25) is 0 Å². The van der Waals surface area contributed by atoms with Crippen molar-refractivity contribution in [3.05, 3.63) is 40.1 Å². The molecule has 3 rings (SSSR count). The number of aromatic nitrogens is 1. The number of aliphatic hydroxyl groups is 1. The van der Waals surface area contributed by atoms with Crippen LogP contribution in [0, 0.1) is 0 Å². The Morgan fingerprint density at radius 1 is 1.29 bits per heavy atom. The van der Waals surface area contributed by atoms with E-state index in [-0.39, 0.29) is 12.6 Å². The van der Waals surface area contributed by atoms with E-state index in [1.54, 1.807) is 12.1 Å². The van der Waals surface area contributed by atoms with E-state index in [0.29, 0.717) is 16.6 Å². The van der Waals surface area contributed by atoms with Crippen LogP contribution in [0.3, 0.4) is 0 Å². The van der Waals surface area contributed by atoms with Crippen molar-refractivity contribution in [2.24, 2.45) is 0 Å². The molecule has 1 aromatic carbocycles. The molecule has 1 saturated heterocycles. The van der Waals surface area contributed by atoms with Gasteiger partial charge >= 0.3 is 0 Å². The fourth-order valence-corrected chi connectivity index (χ4v) is 2.99. The number of benzene rings is 1. The van der Waals surface area contributed by atoms with E-state index in [4.69, 9.17) is 27.7 Å². The Labute approximate surface area is 133 Å². The van der Waals surface area contributed by atoms with Gasteiger partial charge in [-0.25, -0.2) is 0 Å². The van der Waals surface area contributed by atoms with Crippen molar-refractivity contribution in [2.75, 3.05) is 13.2 Å². The van der Waals surface area contributed by atoms with Gasteiger partial charge in [-0.2, -0.15) is 0 Å². The maximum Gasteiger partial charge on any atom is 0.151 e. The van der Waals surface area contributed by atoms with Gasteiger partial charge in [0.15, 0.2) is 5.76 Å². The van der Waals surface area contributed by atoms with Crippen LogP contribution in [-0.4, -0.2) is 34.4 Å². The highest BCUT2D eigenvalue weighted by Gasteiger charge is 2.24. The van der Waals surface area contributed by atoms with Crippen LogP contribution >= 0.6 is 23.2 Å². The van der Waals surface area contributed by atoms with E-state index in [1.165, 1.54) is 0 Å². The van der Waals surface area contributed by atoms with Gasteiger partial charge in [0.05, 0.1) is 23.2 Å². The molecule has 1 aliphatic rings. The lowest BCUT2D eigenvalue weighted by atomic mass is 10.1. The molecule has 1 aromatic heterocycles. The number of rotatable bonds is 4. The monoisotopic (exact) mass is 326 g/mol. The van der Waals surface area contributed by atoms with Crippen molar-refractivity contribution in [1.82, 2.24) is 10.1 Å². The summed E-state index contributed by atoms with van der Waals surface area (Å²) >= 11 is 11.9. The fourth-order valence-electron chi connectivity index (χ4n) is 2.69. The molecular weight excluding hydrogens is 311 g/mol. The van der Waals surface area contributed by atoms with Gasteiger partial charge in [0.25, 0.3) is 0 Å². The third-order valence-electron chi connectivity index (χ3n) is 3.84. The summed E-state index contributed by atoms with van der Waals surface area (Å²) in [4.78, 5) is 2.22. The number of hydrogen-bond donors (Lipinski definition) is 1. The molecule has 2 heterocycles. The Morgan fingerprint density at radius 2 is 2.14 bits per heavy atom. The van der Waals surface area contributed by atoms with Gasteiger partial charge in [0, 0.05) is 17.7 Å². The van der Waals surface area contributed by atoms with E-state index < -0.39 is 0 Å². The molecule has 0 saturated carbocycles. The number of aliphatic hydroxyl groups excluding tert-OH is 1. The van der Waals surface area contributed by atoms with E-state index in [0.717, 1.165) is 36.4 Å². The van der Waals surface area contributed by atoms with Crippen molar-refractivity contribution < 1.29 is 9.63 Å². The van der Waals surface area contributed by atoms with Crippen molar-refractivity contribution >= 4 is 23.2 Å². The maximum atomic E-state index is 9.34. The third-order valence-corrected chi connectivity index (χ3v) is 4.58. The quantitative estimate of drug-likeness (QED) is 0.932. The first-order valence-electron chi connectivity index (χ1n) is 6.93. The average molecular weight is 327 g/mol. The molecule has 1 aliphatic heterocycles. The van der Waals surface area contributed by atoms with Crippen LogP contribution in [0.5, 0.6) is 0 Å². The summed E-state index contributed by atoms with van der Waals surface area (Å²) in [5, 5.41) is 14.4. The third kappa shape index (κ3) is 3.24. The normalized spacial score (nSPS) is 19.3. The lowest BCUT2D eigenvalue weighted by Gasteiger charge is -2.20. The molecule has 21 heavy (non-hydrogen) atoms. The molecule has 112 valence electrons. The molecule has 0 unspecified atom stereocenters. The predicted molar refractivity (Wildman–Crippen MR) is 82.5 cm³/mol.